The quantitative estimate of drug-likeness (QED) is 0.702. The lowest BCUT2D eigenvalue weighted by Crippen LogP contribution is -2.44. The Morgan fingerprint density at radius 1 is 1.18 bits per heavy atom. The molecule has 88 valence electrons. The van der Waals surface area contributed by atoms with Crippen LogP contribution in [0.3, 0.4) is 0 Å². The topological polar surface area (TPSA) is 67.1 Å². The molecule has 1 saturated heterocycles. The summed E-state index contributed by atoms with van der Waals surface area (Å²) in [6.07, 6.45) is 1.61. The Morgan fingerprint density at radius 3 is 2.82 bits per heavy atom. The molecule has 0 saturated carbocycles. The van der Waals surface area contributed by atoms with Crippen molar-refractivity contribution < 1.29 is 0 Å². The zero-order valence-electron chi connectivity index (χ0n) is 9.56. The Hall–Kier alpha value is -1.88. The molecule has 1 aliphatic rings. The normalized spacial score (nSPS) is 16.4. The van der Waals surface area contributed by atoms with Gasteiger partial charge in [0, 0.05) is 37.3 Å². The van der Waals surface area contributed by atoms with Crippen molar-refractivity contribution in [2.24, 2.45) is 0 Å². The summed E-state index contributed by atoms with van der Waals surface area (Å²) in [5, 5.41) is 4.41. The van der Waals surface area contributed by atoms with Crippen LogP contribution in [0.25, 0.3) is 10.9 Å². The molecule has 2 aromatic rings. The van der Waals surface area contributed by atoms with Crippen LogP contribution in [-0.4, -0.2) is 36.1 Å². The van der Waals surface area contributed by atoms with Gasteiger partial charge < -0.3 is 16.0 Å². The fourth-order valence-electron chi connectivity index (χ4n) is 2.19. The number of piperazine rings is 1. The molecule has 0 atom stereocenters. The zero-order valence-corrected chi connectivity index (χ0v) is 9.56. The SMILES string of the molecule is Nc1ccc2c(N3CCNCC3)ncnc2c1. The van der Waals surface area contributed by atoms with Gasteiger partial charge in [0.05, 0.1) is 5.52 Å². The molecule has 0 bridgehead atoms. The molecule has 0 amide bonds. The first-order valence-electron chi connectivity index (χ1n) is 5.80. The van der Waals surface area contributed by atoms with E-state index in [1.165, 1.54) is 0 Å². The van der Waals surface area contributed by atoms with Crippen molar-refractivity contribution in [3.63, 3.8) is 0 Å². The van der Waals surface area contributed by atoms with Crippen molar-refractivity contribution in [2.75, 3.05) is 36.8 Å². The third kappa shape index (κ3) is 1.89. The molecule has 17 heavy (non-hydrogen) atoms. The summed E-state index contributed by atoms with van der Waals surface area (Å²) >= 11 is 0. The second-order valence-electron chi connectivity index (χ2n) is 4.21. The highest BCUT2D eigenvalue weighted by Crippen LogP contribution is 2.24. The molecule has 5 nitrogen and oxygen atoms in total. The van der Waals surface area contributed by atoms with Gasteiger partial charge in [-0.05, 0) is 18.2 Å². The predicted molar refractivity (Wildman–Crippen MR) is 69.0 cm³/mol. The van der Waals surface area contributed by atoms with E-state index >= 15 is 0 Å². The molecule has 1 fully saturated rings. The first kappa shape index (κ1) is 10.3. The predicted octanol–water partition coefficient (Wildman–Crippen LogP) is 0.622. The Kier molecular flexibility index (Phi) is 2.53. The lowest BCUT2D eigenvalue weighted by Gasteiger charge is -2.29. The Morgan fingerprint density at radius 2 is 2.00 bits per heavy atom. The smallest absolute Gasteiger partial charge is 0.139 e. The third-order valence-electron chi connectivity index (χ3n) is 3.06. The van der Waals surface area contributed by atoms with Crippen LogP contribution in [0.1, 0.15) is 0 Å². The highest BCUT2D eigenvalue weighted by atomic mass is 15.2. The number of nitrogens with one attached hydrogen (secondary N) is 1. The van der Waals surface area contributed by atoms with Gasteiger partial charge in [-0.3, -0.25) is 0 Å². The van der Waals surface area contributed by atoms with Crippen LogP contribution in [0.4, 0.5) is 11.5 Å². The second kappa shape index (κ2) is 4.18. The van der Waals surface area contributed by atoms with Crippen molar-refractivity contribution in [3.8, 4) is 0 Å². The van der Waals surface area contributed by atoms with E-state index in [1.807, 2.05) is 18.2 Å². The van der Waals surface area contributed by atoms with Crippen LogP contribution in [-0.2, 0) is 0 Å². The van der Waals surface area contributed by atoms with Gasteiger partial charge >= 0.3 is 0 Å². The molecule has 0 aliphatic carbocycles. The van der Waals surface area contributed by atoms with E-state index in [-0.39, 0.29) is 0 Å². The van der Waals surface area contributed by atoms with E-state index in [2.05, 4.69) is 20.2 Å². The van der Waals surface area contributed by atoms with Crippen molar-refractivity contribution in [3.05, 3.63) is 24.5 Å². The lowest BCUT2D eigenvalue weighted by molar-refractivity contribution is 0.586. The molecule has 1 aliphatic heterocycles. The first-order valence-corrected chi connectivity index (χ1v) is 5.80. The zero-order chi connectivity index (χ0) is 11.7. The van der Waals surface area contributed by atoms with Crippen molar-refractivity contribution in [2.45, 2.75) is 0 Å². The summed E-state index contributed by atoms with van der Waals surface area (Å²) in [5.74, 6) is 1.01. The monoisotopic (exact) mass is 229 g/mol. The number of hydrogen-bond donors (Lipinski definition) is 2. The number of hydrogen-bond acceptors (Lipinski definition) is 5. The molecule has 0 unspecified atom stereocenters. The average molecular weight is 229 g/mol. The third-order valence-corrected chi connectivity index (χ3v) is 3.06. The second-order valence-corrected chi connectivity index (χ2v) is 4.21. The van der Waals surface area contributed by atoms with Crippen LogP contribution >= 0.6 is 0 Å². The number of nitrogens with zero attached hydrogens (tertiary/aromatic N) is 3. The van der Waals surface area contributed by atoms with Gasteiger partial charge in [-0.15, -0.1) is 0 Å². The molecule has 1 aromatic heterocycles. The lowest BCUT2D eigenvalue weighted by atomic mass is 10.2. The number of fused-ring (bicyclic) bond motifs is 1. The fraction of sp³-hybridized carbons (Fsp3) is 0.333. The summed E-state index contributed by atoms with van der Waals surface area (Å²) in [6, 6.07) is 5.79. The van der Waals surface area contributed by atoms with Crippen LogP contribution in [0, 0.1) is 0 Å². The number of nitrogens with two attached hydrogens (primary N) is 1. The van der Waals surface area contributed by atoms with Gasteiger partial charge in [0.15, 0.2) is 0 Å². The number of aromatic nitrogens is 2. The maximum Gasteiger partial charge on any atom is 0.139 e. The van der Waals surface area contributed by atoms with E-state index in [0.717, 1.165) is 48.6 Å². The summed E-state index contributed by atoms with van der Waals surface area (Å²) in [5.41, 5.74) is 7.42. The molecule has 2 heterocycles. The van der Waals surface area contributed by atoms with Gasteiger partial charge in [-0.1, -0.05) is 0 Å². The summed E-state index contributed by atoms with van der Waals surface area (Å²) in [4.78, 5) is 11.0. The number of anilines is 2. The molecular formula is C12H15N5. The fourth-order valence-corrected chi connectivity index (χ4v) is 2.19. The van der Waals surface area contributed by atoms with Gasteiger partial charge in [0.2, 0.25) is 0 Å². The van der Waals surface area contributed by atoms with Gasteiger partial charge in [-0.2, -0.15) is 0 Å². The number of rotatable bonds is 1. The highest BCUT2D eigenvalue weighted by Gasteiger charge is 2.14. The van der Waals surface area contributed by atoms with Crippen molar-refractivity contribution in [1.29, 1.82) is 0 Å². The summed E-state index contributed by atoms with van der Waals surface area (Å²) in [7, 11) is 0. The van der Waals surface area contributed by atoms with E-state index < -0.39 is 0 Å². The first-order chi connectivity index (χ1) is 8.34. The van der Waals surface area contributed by atoms with Crippen molar-refractivity contribution in [1.82, 2.24) is 15.3 Å². The molecule has 0 spiro atoms. The molecule has 5 heteroatoms. The average Bonchev–Trinajstić information content (AvgIpc) is 2.39. The maximum atomic E-state index is 5.77. The standard InChI is InChI=1S/C12H15N5/c13-9-1-2-10-11(7-9)15-8-16-12(10)17-5-3-14-4-6-17/h1-2,7-8,14H,3-6,13H2. The summed E-state index contributed by atoms with van der Waals surface area (Å²) < 4.78 is 0. The minimum Gasteiger partial charge on any atom is -0.399 e. The number of benzene rings is 1. The van der Waals surface area contributed by atoms with Crippen LogP contribution < -0.4 is 16.0 Å². The molecule has 3 N–H and O–H groups in total. The van der Waals surface area contributed by atoms with Crippen LogP contribution in [0.5, 0.6) is 0 Å². The van der Waals surface area contributed by atoms with Crippen molar-refractivity contribution >= 4 is 22.4 Å². The Labute approximate surface area is 99.7 Å². The Balaban J connectivity index is 2.09. The summed E-state index contributed by atoms with van der Waals surface area (Å²) in [6.45, 7) is 3.97. The molecule has 1 aromatic carbocycles. The largest absolute Gasteiger partial charge is 0.399 e. The van der Waals surface area contributed by atoms with Gasteiger partial charge in [-0.25, -0.2) is 9.97 Å². The van der Waals surface area contributed by atoms with E-state index in [1.54, 1.807) is 6.33 Å². The number of nitrogen functional groups attached to an aromatic ring is 1. The minimum absolute atomic E-state index is 0.738. The highest BCUT2D eigenvalue weighted by molar-refractivity contribution is 5.91. The molecule has 0 radical (unpaired) electrons. The van der Waals surface area contributed by atoms with Gasteiger partial charge in [0.25, 0.3) is 0 Å². The molecule has 3 rings (SSSR count). The Bertz CT molecular complexity index is 533. The van der Waals surface area contributed by atoms with E-state index in [9.17, 15) is 0 Å². The van der Waals surface area contributed by atoms with Crippen LogP contribution in [0.15, 0.2) is 24.5 Å². The van der Waals surface area contributed by atoms with E-state index in [0.29, 0.717) is 0 Å². The van der Waals surface area contributed by atoms with Gasteiger partial charge in [0.1, 0.15) is 12.1 Å². The molecular weight excluding hydrogens is 214 g/mol. The van der Waals surface area contributed by atoms with E-state index in [4.69, 9.17) is 5.73 Å². The van der Waals surface area contributed by atoms with Crippen LogP contribution in [0.2, 0.25) is 0 Å². The minimum atomic E-state index is 0.738. The maximum absolute atomic E-state index is 5.77.